The number of anilines is 1. The van der Waals surface area contributed by atoms with E-state index in [-0.39, 0.29) is 5.78 Å². The minimum absolute atomic E-state index is 0.0825. The van der Waals surface area contributed by atoms with Crippen molar-refractivity contribution in [2.75, 3.05) is 5.32 Å². The lowest BCUT2D eigenvalue weighted by atomic mass is 9.98. The second-order valence-corrected chi connectivity index (χ2v) is 8.22. The highest BCUT2D eigenvalue weighted by atomic mass is 16.9. The maximum atomic E-state index is 13.0. The molecule has 1 N–H and O–H groups in total. The van der Waals surface area contributed by atoms with E-state index in [9.17, 15) is 9.59 Å². The van der Waals surface area contributed by atoms with Crippen molar-refractivity contribution >= 4 is 17.4 Å². The van der Waals surface area contributed by atoms with Gasteiger partial charge in [-0.15, -0.1) is 0 Å². The number of ether oxygens (including phenoxy) is 5. The zero-order chi connectivity index (χ0) is 20.3. The topological polar surface area (TPSA) is 92.3 Å². The molecular weight excluding hydrogens is 366 g/mol. The van der Waals surface area contributed by atoms with Crippen LogP contribution in [0.4, 0.5) is 5.69 Å². The molecule has 0 aliphatic carbocycles. The standard InChI is InChI=1S/C20H25NO7/c1-10(22)11-7-6-8-12(9-11)21-17(23)15-13-14(26-19(2,3)25-13)16-18(24-15)28-20(4,5)27-16/h6-9,13-16,18H,1-5H3,(H,21,23)/t13-,14+,15-,16-,18-/m1/s1. The van der Waals surface area contributed by atoms with Crippen LogP contribution in [-0.2, 0) is 28.5 Å². The molecule has 28 heavy (non-hydrogen) atoms. The van der Waals surface area contributed by atoms with E-state index in [1.807, 2.05) is 0 Å². The summed E-state index contributed by atoms with van der Waals surface area (Å²) in [5.41, 5.74) is 1.01. The van der Waals surface area contributed by atoms with Crippen molar-refractivity contribution in [1.29, 1.82) is 0 Å². The van der Waals surface area contributed by atoms with Gasteiger partial charge in [0.1, 0.15) is 18.3 Å². The highest BCUT2D eigenvalue weighted by molar-refractivity contribution is 5.98. The average Bonchev–Trinajstić information content (AvgIpc) is 3.08. The number of rotatable bonds is 3. The summed E-state index contributed by atoms with van der Waals surface area (Å²) in [7, 11) is 0. The SMILES string of the molecule is CC(=O)c1cccc(NC(=O)[C@@H]2O[C@@H]3OC(C)(C)O[C@@H]3[C@H]3OC(C)(C)O[C@H]32)c1. The Morgan fingerprint density at radius 3 is 2.29 bits per heavy atom. The number of nitrogens with one attached hydrogen (secondary N) is 1. The van der Waals surface area contributed by atoms with Gasteiger partial charge in [-0.1, -0.05) is 12.1 Å². The highest BCUT2D eigenvalue weighted by Gasteiger charge is 2.62. The van der Waals surface area contributed by atoms with E-state index >= 15 is 0 Å². The molecule has 0 radical (unpaired) electrons. The maximum Gasteiger partial charge on any atom is 0.256 e. The fraction of sp³-hybridized carbons (Fsp3) is 0.600. The van der Waals surface area contributed by atoms with Crippen LogP contribution in [0, 0.1) is 0 Å². The zero-order valence-corrected chi connectivity index (χ0v) is 16.6. The lowest BCUT2D eigenvalue weighted by Gasteiger charge is -2.36. The van der Waals surface area contributed by atoms with Gasteiger partial charge in [0.2, 0.25) is 0 Å². The molecule has 3 aliphatic heterocycles. The third kappa shape index (κ3) is 3.58. The van der Waals surface area contributed by atoms with E-state index < -0.39 is 48.2 Å². The Morgan fingerprint density at radius 2 is 1.57 bits per heavy atom. The van der Waals surface area contributed by atoms with Crippen molar-refractivity contribution in [1.82, 2.24) is 0 Å². The first-order valence-corrected chi connectivity index (χ1v) is 9.33. The summed E-state index contributed by atoms with van der Waals surface area (Å²) in [5.74, 6) is -2.21. The molecule has 3 heterocycles. The Hall–Kier alpha value is -1.84. The summed E-state index contributed by atoms with van der Waals surface area (Å²) < 4.78 is 29.6. The largest absolute Gasteiger partial charge is 0.342 e. The van der Waals surface area contributed by atoms with Gasteiger partial charge in [-0.25, -0.2) is 0 Å². The number of Topliss-reactive ketones (excluding diaryl/α,β-unsaturated/α-hetero) is 1. The van der Waals surface area contributed by atoms with E-state index in [2.05, 4.69) is 5.32 Å². The van der Waals surface area contributed by atoms with E-state index in [0.29, 0.717) is 11.3 Å². The Balaban J connectivity index is 1.57. The Bertz CT molecular complexity index is 805. The van der Waals surface area contributed by atoms with Crippen molar-refractivity contribution in [3.05, 3.63) is 29.8 Å². The predicted octanol–water partition coefficient (Wildman–Crippen LogP) is 2.22. The molecule has 3 fully saturated rings. The molecule has 0 bridgehead atoms. The predicted molar refractivity (Wildman–Crippen MR) is 97.6 cm³/mol. The van der Waals surface area contributed by atoms with E-state index in [4.69, 9.17) is 23.7 Å². The zero-order valence-electron chi connectivity index (χ0n) is 16.6. The molecule has 8 nitrogen and oxygen atoms in total. The maximum absolute atomic E-state index is 13.0. The summed E-state index contributed by atoms with van der Waals surface area (Å²) >= 11 is 0. The first-order valence-electron chi connectivity index (χ1n) is 9.33. The third-order valence-corrected chi connectivity index (χ3v) is 4.95. The summed E-state index contributed by atoms with van der Waals surface area (Å²) in [5, 5.41) is 2.80. The summed E-state index contributed by atoms with van der Waals surface area (Å²) in [4.78, 5) is 24.6. The molecule has 0 aromatic heterocycles. The van der Waals surface area contributed by atoms with E-state index in [1.165, 1.54) is 6.92 Å². The van der Waals surface area contributed by atoms with Crippen molar-refractivity contribution in [3.63, 3.8) is 0 Å². The molecule has 1 aromatic rings. The lowest BCUT2D eigenvalue weighted by Crippen LogP contribution is -2.58. The fourth-order valence-electron chi connectivity index (χ4n) is 3.85. The molecule has 0 unspecified atom stereocenters. The summed E-state index contributed by atoms with van der Waals surface area (Å²) in [6, 6.07) is 6.73. The number of hydrogen-bond donors (Lipinski definition) is 1. The van der Waals surface area contributed by atoms with Crippen LogP contribution in [0.25, 0.3) is 0 Å². The summed E-state index contributed by atoms with van der Waals surface area (Å²) in [6.07, 6.45) is -3.34. The molecule has 1 amide bonds. The quantitative estimate of drug-likeness (QED) is 0.790. The van der Waals surface area contributed by atoms with Gasteiger partial charge < -0.3 is 29.0 Å². The molecular formula is C20H25NO7. The number of carbonyl (C=O) groups excluding carboxylic acids is 2. The molecule has 1 aromatic carbocycles. The molecule has 5 atom stereocenters. The smallest absolute Gasteiger partial charge is 0.256 e. The van der Waals surface area contributed by atoms with Gasteiger partial charge in [0.15, 0.2) is 29.8 Å². The average molecular weight is 391 g/mol. The molecule has 152 valence electrons. The van der Waals surface area contributed by atoms with Gasteiger partial charge in [-0.05, 0) is 46.8 Å². The van der Waals surface area contributed by atoms with Crippen LogP contribution < -0.4 is 5.32 Å². The molecule has 0 saturated carbocycles. The normalized spacial score (nSPS) is 35.1. The van der Waals surface area contributed by atoms with Gasteiger partial charge in [0.05, 0.1) is 0 Å². The van der Waals surface area contributed by atoms with Crippen LogP contribution in [0.15, 0.2) is 24.3 Å². The van der Waals surface area contributed by atoms with Crippen molar-refractivity contribution < 1.29 is 33.3 Å². The monoisotopic (exact) mass is 391 g/mol. The highest BCUT2D eigenvalue weighted by Crippen LogP contribution is 2.44. The Labute approximate surface area is 163 Å². The van der Waals surface area contributed by atoms with Crippen LogP contribution in [0.2, 0.25) is 0 Å². The minimum Gasteiger partial charge on any atom is -0.342 e. The van der Waals surface area contributed by atoms with Crippen LogP contribution >= 0.6 is 0 Å². The number of carbonyl (C=O) groups is 2. The second-order valence-electron chi connectivity index (χ2n) is 8.22. The number of amides is 1. The van der Waals surface area contributed by atoms with Crippen LogP contribution in [0.3, 0.4) is 0 Å². The minimum atomic E-state index is -0.952. The number of hydrogen-bond acceptors (Lipinski definition) is 7. The van der Waals surface area contributed by atoms with E-state index in [1.54, 1.807) is 52.0 Å². The van der Waals surface area contributed by atoms with Crippen LogP contribution in [0.5, 0.6) is 0 Å². The van der Waals surface area contributed by atoms with Gasteiger partial charge in [0, 0.05) is 11.3 Å². The first kappa shape index (κ1) is 19.5. The van der Waals surface area contributed by atoms with Crippen molar-refractivity contribution in [2.24, 2.45) is 0 Å². The van der Waals surface area contributed by atoms with Gasteiger partial charge in [-0.3, -0.25) is 9.59 Å². The van der Waals surface area contributed by atoms with Crippen molar-refractivity contribution in [3.8, 4) is 0 Å². The molecule has 8 heteroatoms. The Kier molecular flexibility index (Phi) is 4.59. The lowest BCUT2D eigenvalue weighted by molar-refractivity contribution is -0.229. The van der Waals surface area contributed by atoms with E-state index in [0.717, 1.165) is 0 Å². The van der Waals surface area contributed by atoms with Gasteiger partial charge in [-0.2, -0.15) is 0 Å². The molecule has 3 aliphatic rings. The molecule has 3 saturated heterocycles. The number of fused-ring (bicyclic) bond motifs is 3. The van der Waals surface area contributed by atoms with Crippen LogP contribution in [0.1, 0.15) is 45.0 Å². The first-order chi connectivity index (χ1) is 13.0. The van der Waals surface area contributed by atoms with Crippen molar-refractivity contribution in [2.45, 2.75) is 76.9 Å². The number of ketones is 1. The second kappa shape index (κ2) is 6.60. The third-order valence-electron chi connectivity index (χ3n) is 4.95. The molecule has 0 spiro atoms. The fourth-order valence-corrected chi connectivity index (χ4v) is 3.85. The van der Waals surface area contributed by atoms with Gasteiger partial charge >= 0.3 is 0 Å². The Morgan fingerprint density at radius 1 is 0.929 bits per heavy atom. The molecule has 4 rings (SSSR count). The van der Waals surface area contributed by atoms with Crippen LogP contribution in [-0.4, -0.2) is 54.0 Å². The number of benzene rings is 1. The summed E-state index contributed by atoms with van der Waals surface area (Å²) in [6.45, 7) is 8.61. The van der Waals surface area contributed by atoms with Gasteiger partial charge in [0.25, 0.3) is 5.91 Å².